The van der Waals surface area contributed by atoms with Gasteiger partial charge in [0, 0.05) is 36.0 Å². The van der Waals surface area contributed by atoms with Crippen LogP contribution in [0.4, 0.5) is 14.9 Å². The fraction of sp³-hybridized carbons (Fsp3) is 0.235. The molecule has 0 aliphatic heterocycles. The highest BCUT2D eigenvalue weighted by molar-refractivity contribution is 5.89. The van der Waals surface area contributed by atoms with E-state index in [2.05, 4.69) is 10.6 Å². The molecule has 0 saturated carbocycles. The summed E-state index contributed by atoms with van der Waals surface area (Å²) < 4.78 is 23.8. The minimum Gasteiger partial charge on any atom is -0.497 e. The number of anilines is 1. The molecule has 6 nitrogen and oxygen atoms in total. The normalized spacial score (nSPS) is 11.5. The number of methoxy groups -OCH3 is 2. The van der Waals surface area contributed by atoms with Gasteiger partial charge in [-0.25, -0.2) is 9.18 Å². The van der Waals surface area contributed by atoms with Crippen LogP contribution in [0.15, 0.2) is 42.5 Å². The highest BCUT2D eigenvalue weighted by Crippen LogP contribution is 2.25. The van der Waals surface area contributed by atoms with Gasteiger partial charge in [-0.2, -0.15) is 0 Å². The number of nitrogens with one attached hydrogen (secondary N) is 2. The van der Waals surface area contributed by atoms with Crippen molar-refractivity contribution in [1.29, 1.82) is 0 Å². The summed E-state index contributed by atoms with van der Waals surface area (Å²) >= 11 is 0. The first-order valence-electron chi connectivity index (χ1n) is 7.24. The summed E-state index contributed by atoms with van der Waals surface area (Å²) in [5.41, 5.74) is 0.588. The molecule has 1 atom stereocenters. The van der Waals surface area contributed by atoms with E-state index in [4.69, 9.17) is 9.47 Å². The molecule has 24 heavy (non-hydrogen) atoms. The van der Waals surface area contributed by atoms with Crippen molar-refractivity contribution in [2.75, 3.05) is 26.1 Å². The number of hydrogen-bond acceptors (Lipinski definition) is 4. The average molecular weight is 334 g/mol. The molecule has 1 unspecified atom stereocenters. The van der Waals surface area contributed by atoms with Gasteiger partial charge in [0.2, 0.25) is 0 Å². The van der Waals surface area contributed by atoms with Crippen LogP contribution < -0.4 is 20.1 Å². The van der Waals surface area contributed by atoms with E-state index in [9.17, 15) is 14.3 Å². The highest BCUT2D eigenvalue weighted by Gasteiger charge is 2.13. The number of ether oxygens (including phenoxy) is 2. The third-order valence-corrected chi connectivity index (χ3v) is 3.33. The number of amides is 2. The number of hydrogen-bond donors (Lipinski definition) is 3. The maximum atomic E-state index is 13.6. The first-order valence-corrected chi connectivity index (χ1v) is 7.24. The zero-order chi connectivity index (χ0) is 17.5. The molecule has 3 N–H and O–H groups in total. The second-order valence-corrected chi connectivity index (χ2v) is 4.97. The summed E-state index contributed by atoms with van der Waals surface area (Å²) in [6.07, 6.45) is -1.14. The lowest BCUT2D eigenvalue weighted by Gasteiger charge is -2.14. The third-order valence-electron chi connectivity index (χ3n) is 3.33. The van der Waals surface area contributed by atoms with Gasteiger partial charge in [0.15, 0.2) is 0 Å². The zero-order valence-corrected chi connectivity index (χ0v) is 13.4. The Morgan fingerprint density at radius 1 is 1.17 bits per heavy atom. The molecule has 2 rings (SSSR count). The van der Waals surface area contributed by atoms with Gasteiger partial charge in [0.25, 0.3) is 0 Å². The van der Waals surface area contributed by atoms with Crippen LogP contribution >= 0.6 is 0 Å². The number of aliphatic hydroxyl groups excluding tert-OH is 1. The van der Waals surface area contributed by atoms with Crippen LogP contribution in [0.3, 0.4) is 0 Å². The van der Waals surface area contributed by atoms with Gasteiger partial charge in [-0.15, -0.1) is 0 Å². The second kappa shape index (κ2) is 8.16. The number of carbonyl (C=O) groups is 1. The maximum Gasteiger partial charge on any atom is 0.319 e. The number of benzene rings is 2. The van der Waals surface area contributed by atoms with E-state index in [0.717, 1.165) is 0 Å². The van der Waals surface area contributed by atoms with Gasteiger partial charge >= 0.3 is 6.03 Å². The molecule has 0 saturated heterocycles. The van der Waals surface area contributed by atoms with Gasteiger partial charge < -0.3 is 25.2 Å². The van der Waals surface area contributed by atoms with E-state index in [1.54, 1.807) is 24.3 Å². The van der Waals surface area contributed by atoms with Crippen LogP contribution in [-0.4, -0.2) is 31.9 Å². The second-order valence-electron chi connectivity index (χ2n) is 4.97. The molecule has 0 radical (unpaired) electrons. The average Bonchev–Trinajstić information content (AvgIpc) is 2.59. The molecule has 0 fully saturated rings. The Balaban J connectivity index is 1.95. The minimum atomic E-state index is -1.14. The number of halogens is 1. The Bertz CT molecular complexity index is 686. The van der Waals surface area contributed by atoms with Crippen LogP contribution in [0.5, 0.6) is 11.5 Å². The fourth-order valence-electron chi connectivity index (χ4n) is 2.10. The van der Waals surface area contributed by atoms with E-state index < -0.39 is 18.0 Å². The largest absolute Gasteiger partial charge is 0.497 e. The molecule has 0 bridgehead atoms. The molecule has 2 aromatic rings. The van der Waals surface area contributed by atoms with Gasteiger partial charge in [-0.05, 0) is 6.07 Å². The first kappa shape index (κ1) is 17.6. The monoisotopic (exact) mass is 334 g/mol. The molecule has 0 heterocycles. The SMILES string of the molecule is COc1cc(NC(=O)NCC(O)c2ccccc2F)cc(OC)c1. The summed E-state index contributed by atoms with van der Waals surface area (Å²) in [7, 11) is 3.01. The van der Waals surface area contributed by atoms with Crippen molar-refractivity contribution in [3.8, 4) is 11.5 Å². The van der Waals surface area contributed by atoms with Crippen LogP contribution in [-0.2, 0) is 0 Å². The molecule has 0 aliphatic rings. The molecular weight excluding hydrogens is 315 g/mol. The lowest BCUT2D eigenvalue weighted by atomic mass is 10.1. The summed E-state index contributed by atoms with van der Waals surface area (Å²) in [5.74, 6) is 0.525. The minimum absolute atomic E-state index is 0.126. The summed E-state index contributed by atoms with van der Waals surface area (Å²) in [4.78, 5) is 11.9. The van der Waals surface area contributed by atoms with Crippen molar-refractivity contribution in [2.45, 2.75) is 6.10 Å². The standard InChI is InChI=1S/C17H19FN2O4/c1-23-12-7-11(8-13(9-12)24-2)20-17(22)19-10-16(21)14-5-3-4-6-15(14)18/h3-9,16,21H,10H2,1-2H3,(H2,19,20,22). The number of urea groups is 1. The quantitative estimate of drug-likeness (QED) is 0.759. The van der Waals surface area contributed by atoms with Crippen molar-refractivity contribution < 1.29 is 23.8 Å². The van der Waals surface area contributed by atoms with Crippen LogP contribution in [0, 0.1) is 5.82 Å². The molecular formula is C17H19FN2O4. The summed E-state index contributed by atoms with van der Waals surface area (Å²) in [6, 6.07) is 10.2. The Morgan fingerprint density at radius 3 is 2.38 bits per heavy atom. The predicted molar refractivity (Wildman–Crippen MR) is 87.9 cm³/mol. The topological polar surface area (TPSA) is 79.8 Å². The lowest BCUT2D eigenvalue weighted by molar-refractivity contribution is 0.170. The van der Waals surface area contributed by atoms with Crippen LogP contribution in [0.2, 0.25) is 0 Å². The highest BCUT2D eigenvalue weighted by atomic mass is 19.1. The van der Waals surface area contributed by atoms with E-state index >= 15 is 0 Å². The molecule has 7 heteroatoms. The molecule has 128 valence electrons. The number of rotatable bonds is 6. The van der Waals surface area contributed by atoms with Gasteiger partial charge in [0.05, 0.1) is 20.3 Å². The maximum absolute atomic E-state index is 13.6. The Labute approximate surface area is 139 Å². The van der Waals surface area contributed by atoms with Gasteiger partial charge in [-0.1, -0.05) is 18.2 Å². The number of aliphatic hydroxyl groups is 1. The van der Waals surface area contributed by atoms with E-state index in [1.807, 2.05) is 0 Å². The summed E-state index contributed by atoms with van der Waals surface area (Å²) in [5, 5.41) is 15.0. The van der Waals surface area contributed by atoms with Crippen molar-refractivity contribution in [3.63, 3.8) is 0 Å². The van der Waals surface area contributed by atoms with Gasteiger partial charge in [-0.3, -0.25) is 0 Å². The third kappa shape index (κ3) is 4.60. The van der Waals surface area contributed by atoms with Crippen molar-refractivity contribution >= 4 is 11.7 Å². The predicted octanol–water partition coefficient (Wildman–Crippen LogP) is 2.70. The van der Waals surface area contributed by atoms with Crippen LogP contribution in [0.25, 0.3) is 0 Å². The molecule has 2 amide bonds. The van der Waals surface area contributed by atoms with Crippen molar-refractivity contribution in [3.05, 3.63) is 53.8 Å². The van der Waals surface area contributed by atoms with E-state index in [-0.39, 0.29) is 12.1 Å². The van der Waals surface area contributed by atoms with Crippen LogP contribution in [0.1, 0.15) is 11.7 Å². The molecule has 0 aliphatic carbocycles. The molecule has 0 spiro atoms. The molecule has 2 aromatic carbocycles. The van der Waals surface area contributed by atoms with Gasteiger partial charge in [0.1, 0.15) is 17.3 Å². The Hall–Kier alpha value is -2.80. The van der Waals surface area contributed by atoms with Crippen molar-refractivity contribution in [2.24, 2.45) is 0 Å². The lowest BCUT2D eigenvalue weighted by Crippen LogP contribution is -2.32. The van der Waals surface area contributed by atoms with E-state index in [0.29, 0.717) is 17.2 Å². The Kier molecular flexibility index (Phi) is 5.97. The van der Waals surface area contributed by atoms with E-state index in [1.165, 1.54) is 32.4 Å². The first-order chi connectivity index (χ1) is 11.5. The van der Waals surface area contributed by atoms with Crippen molar-refractivity contribution in [1.82, 2.24) is 5.32 Å². The zero-order valence-electron chi connectivity index (χ0n) is 13.4. The fourth-order valence-corrected chi connectivity index (χ4v) is 2.10. The number of carbonyl (C=O) groups excluding carboxylic acids is 1. The Morgan fingerprint density at radius 2 is 1.79 bits per heavy atom. The summed E-state index contributed by atoms with van der Waals surface area (Å²) in [6.45, 7) is -0.131. The molecule has 0 aromatic heterocycles. The smallest absolute Gasteiger partial charge is 0.319 e.